The summed E-state index contributed by atoms with van der Waals surface area (Å²) in [5.74, 6) is 0.808. The minimum atomic E-state index is -0.552. The van der Waals surface area contributed by atoms with Crippen LogP contribution in [0.2, 0.25) is 0 Å². The molecule has 1 atom stereocenters. The lowest BCUT2D eigenvalue weighted by atomic mass is 9.93. The van der Waals surface area contributed by atoms with Gasteiger partial charge in [-0.25, -0.2) is 4.39 Å². The Kier molecular flexibility index (Phi) is 5.25. The van der Waals surface area contributed by atoms with E-state index in [4.69, 9.17) is 4.74 Å². The van der Waals surface area contributed by atoms with E-state index in [2.05, 4.69) is 15.1 Å². The number of nitrogens with zero attached hydrogens (tertiary/aromatic N) is 2. The Morgan fingerprint density at radius 1 is 1.26 bits per heavy atom. The lowest BCUT2D eigenvalue weighted by Crippen LogP contribution is -2.40. The van der Waals surface area contributed by atoms with Crippen LogP contribution in [0.5, 0.6) is 5.75 Å². The molecule has 124 valence electrons. The van der Waals surface area contributed by atoms with Crippen LogP contribution in [0.4, 0.5) is 4.39 Å². The number of hydrogen-bond donors (Lipinski definition) is 2. The summed E-state index contributed by atoms with van der Waals surface area (Å²) in [6, 6.07) is 7.87. The van der Waals surface area contributed by atoms with E-state index in [1.54, 1.807) is 18.3 Å². The Labute approximate surface area is 135 Å². The molecule has 2 heterocycles. The summed E-state index contributed by atoms with van der Waals surface area (Å²) in [4.78, 5) is 2.26. The minimum Gasteiger partial charge on any atom is -0.491 e. The fourth-order valence-corrected chi connectivity index (χ4v) is 2.99. The number of aliphatic hydroxyl groups excluding tert-OH is 1. The quantitative estimate of drug-likeness (QED) is 0.857. The third kappa shape index (κ3) is 4.53. The van der Waals surface area contributed by atoms with Gasteiger partial charge in [-0.1, -0.05) is 0 Å². The van der Waals surface area contributed by atoms with Gasteiger partial charge in [-0.15, -0.1) is 0 Å². The van der Waals surface area contributed by atoms with Gasteiger partial charge in [0.1, 0.15) is 24.3 Å². The summed E-state index contributed by atoms with van der Waals surface area (Å²) < 4.78 is 18.3. The van der Waals surface area contributed by atoms with Crippen molar-refractivity contribution in [2.75, 3.05) is 26.2 Å². The third-order valence-corrected chi connectivity index (χ3v) is 4.27. The van der Waals surface area contributed by atoms with Crippen LogP contribution in [0.25, 0.3) is 0 Å². The first kappa shape index (κ1) is 16.0. The van der Waals surface area contributed by atoms with E-state index in [1.807, 2.05) is 6.07 Å². The van der Waals surface area contributed by atoms with Crippen LogP contribution >= 0.6 is 0 Å². The Bertz CT molecular complexity index is 580. The van der Waals surface area contributed by atoms with Crippen LogP contribution in [0, 0.1) is 5.82 Å². The van der Waals surface area contributed by atoms with Gasteiger partial charge < -0.3 is 14.7 Å². The molecule has 0 saturated carbocycles. The second-order valence-electron chi connectivity index (χ2n) is 6.01. The highest BCUT2D eigenvalue weighted by molar-refractivity contribution is 5.22. The zero-order valence-electron chi connectivity index (χ0n) is 13.0. The van der Waals surface area contributed by atoms with Crippen molar-refractivity contribution >= 4 is 0 Å². The van der Waals surface area contributed by atoms with Crippen molar-refractivity contribution in [2.45, 2.75) is 24.9 Å². The molecule has 0 spiro atoms. The molecule has 1 aliphatic rings. The molecule has 3 rings (SSSR count). The molecule has 23 heavy (non-hydrogen) atoms. The van der Waals surface area contributed by atoms with E-state index < -0.39 is 6.10 Å². The van der Waals surface area contributed by atoms with Crippen molar-refractivity contribution in [1.82, 2.24) is 15.1 Å². The fourth-order valence-electron chi connectivity index (χ4n) is 2.99. The predicted octanol–water partition coefficient (Wildman–Crippen LogP) is 2.17. The Balaban J connectivity index is 1.39. The maximum atomic E-state index is 12.8. The summed E-state index contributed by atoms with van der Waals surface area (Å²) in [6.45, 7) is 2.72. The number of hydrogen-bond acceptors (Lipinski definition) is 4. The van der Waals surface area contributed by atoms with Crippen LogP contribution < -0.4 is 4.74 Å². The highest BCUT2D eigenvalue weighted by atomic mass is 19.1. The molecule has 1 aromatic heterocycles. The molecule has 0 radical (unpaired) electrons. The second-order valence-corrected chi connectivity index (χ2v) is 6.01. The minimum absolute atomic E-state index is 0.214. The number of aromatic nitrogens is 2. The molecule has 5 nitrogen and oxygen atoms in total. The number of piperidine rings is 1. The van der Waals surface area contributed by atoms with E-state index in [-0.39, 0.29) is 12.4 Å². The molecule has 1 aromatic carbocycles. The van der Waals surface area contributed by atoms with Gasteiger partial charge >= 0.3 is 0 Å². The number of H-pyrrole nitrogens is 1. The van der Waals surface area contributed by atoms with Gasteiger partial charge in [-0.2, -0.15) is 5.10 Å². The SMILES string of the molecule is O[C@@H](COc1ccc(F)cc1)CN1CCC(c2ccn[nH]2)CC1. The van der Waals surface area contributed by atoms with Gasteiger partial charge in [0.25, 0.3) is 0 Å². The standard InChI is InChI=1S/C17H22FN3O2/c18-14-1-3-16(4-2-14)23-12-15(22)11-21-9-6-13(7-10-21)17-5-8-19-20-17/h1-5,8,13,15,22H,6-7,9-12H2,(H,19,20)/t15-/m1/s1. The molecule has 0 bridgehead atoms. The number of rotatable bonds is 6. The lowest BCUT2D eigenvalue weighted by Gasteiger charge is -2.32. The second kappa shape index (κ2) is 7.57. The zero-order chi connectivity index (χ0) is 16.1. The first-order valence-corrected chi connectivity index (χ1v) is 7.99. The smallest absolute Gasteiger partial charge is 0.123 e. The van der Waals surface area contributed by atoms with Gasteiger partial charge in [0.05, 0.1) is 0 Å². The summed E-state index contributed by atoms with van der Waals surface area (Å²) in [5, 5.41) is 17.2. The predicted molar refractivity (Wildman–Crippen MR) is 84.9 cm³/mol. The van der Waals surface area contributed by atoms with E-state index in [0.717, 1.165) is 25.9 Å². The van der Waals surface area contributed by atoms with Crippen LogP contribution in [0.1, 0.15) is 24.5 Å². The van der Waals surface area contributed by atoms with E-state index in [0.29, 0.717) is 18.2 Å². The van der Waals surface area contributed by atoms with E-state index in [1.165, 1.54) is 17.8 Å². The van der Waals surface area contributed by atoms with Gasteiger partial charge in [0, 0.05) is 24.4 Å². The highest BCUT2D eigenvalue weighted by Gasteiger charge is 2.23. The average Bonchev–Trinajstić information content (AvgIpc) is 3.09. The van der Waals surface area contributed by atoms with Crippen LogP contribution in [0.3, 0.4) is 0 Å². The van der Waals surface area contributed by atoms with Gasteiger partial charge in [-0.3, -0.25) is 5.10 Å². The first-order valence-electron chi connectivity index (χ1n) is 7.99. The van der Waals surface area contributed by atoms with Crippen molar-refractivity contribution < 1.29 is 14.2 Å². The number of benzene rings is 1. The first-order chi connectivity index (χ1) is 11.2. The summed E-state index contributed by atoms with van der Waals surface area (Å²) in [6.07, 6.45) is 3.36. The maximum Gasteiger partial charge on any atom is 0.123 e. The summed E-state index contributed by atoms with van der Waals surface area (Å²) in [5.41, 5.74) is 1.20. The normalized spacial score (nSPS) is 18.0. The number of β-amino-alcohol motifs (C(OH)–C–C–N with tert-alkyl or cyclic N) is 1. The molecule has 1 fully saturated rings. The Morgan fingerprint density at radius 3 is 2.65 bits per heavy atom. The maximum absolute atomic E-state index is 12.8. The van der Waals surface area contributed by atoms with Crippen molar-refractivity contribution in [3.8, 4) is 5.75 Å². The molecule has 0 amide bonds. The molecular formula is C17H22FN3O2. The van der Waals surface area contributed by atoms with Gasteiger partial charge in [0.15, 0.2) is 0 Å². The number of halogens is 1. The Morgan fingerprint density at radius 2 is 2.00 bits per heavy atom. The van der Waals surface area contributed by atoms with Crippen molar-refractivity contribution in [3.63, 3.8) is 0 Å². The summed E-state index contributed by atoms with van der Waals surface area (Å²) in [7, 11) is 0. The topological polar surface area (TPSA) is 61.4 Å². The van der Waals surface area contributed by atoms with Gasteiger partial charge in [-0.05, 0) is 56.3 Å². The van der Waals surface area contributed by atoms with E-state index in [9.17, 15) is 9.50 Å². The van der Waals surface area contributed by atoms with Crippen LogP contribution in [-0.2, 0) is 0 Å². The monoisotopic (exact) mass is 319 g/mol. The largest absolute Gasteiger partial charge is 0.491 e. The van der Waals surface area contributed by atoms with Crippen molar-refractivity contribution in [3.05, 3.63) is 48.0 Å². The number of likely N-dealkylation sites (tertiary alicyclic amines) is 1. The molecule has 1 saturated heterocycles. The number of nitrogens with one attached hydrogen (secondary N) is 1. The molecule has 2 N–H and O–H groups in total. The Hall–Kier alpha value is -1.92. The molecular weight excluding hydrogens is 297 g/mol. The zero-order valence-corrected chi connectivity index (χ0v) is 13.0. The van der Waals surface area contributed by atoms with Gasteiger partial charge in [0.2, 0.25) is 0 Å². The molecule has 0 aliphatic carbocycles. The number of ether oxygens (including phenoxy) is 1. The number of aromatic amines is 1. The average molecular weight is 319 g/mol. The number of aliphatic hydroxyl groups is 1. The third-order valence-electron chi connectivity index (χ3n) is 4.27. The van der Waals surface area contributed by atoms with Crippen molar-refractivity contribution in [1.29, 1.82) is 0 Å². The molecule has 0 unspecified atom stereocenters. The van der Waals surface area contributed by atoms with Crippen LogP contribution in [-0.4, -0.2) is 52.5 Å². The summed E-state index contributed by atoms with van der Waals surface area (Å²) >= 11 is 0. The van der Waals surface area contributed by atoms with E-state index >= 15 is 0 Å². The van der Waals surface area contributed by atoms with Crippen LogP contribution in [0.15, 0.2) is 36.5 Å². The lowest BCUT2D eigenvalue weighted by molar-refractivity contribution is 0.0592. The highest BCUT2D eigenvalue weighted by Crippen LogP contribution is 2.26. The molecule has 6 heteroatoms. The molecule has 2 aromatic rings. The fraction of sp³-hybridized carbons (Fsp3) is 0.471. The molecule has 1 aliphatic heterocycles. The van der Waals surface area contributed by atoms with Crippen molar-refractivity contribution in [2.24, 2.45) is 0 Å².